The van der Waals surface area contributed by atoms with E-state index < -0.39 is 0 Å². The lowest BCUT2D eigenvalue weighted by molar-refractivity contribution is 0.0358. The van der Waals surface area contributed by atoms with Gasteiger partial charge in [0.15, 0.2) is 0 Å². The fourth-order valence-corrected chi connectivity index (χ4v) is 6.32. The number of amides is 2. The predicted octanol–water partition coefficient (Wildman–Crippen LogP) is 5.58. The highest BCUT2D eigenvalue weighted by Crippen LogP contribution is 2.38. The zero-order chi connectivity index (χ0) is 28.9. The lowest BCUT2D eigenvalue weighted by atomic mass is 9.75. The molecule has 218 valence electrons. The molecule has 2 bridgehead atoms. The quantitative estimate of drug-likeness (QED) is 0.322. The zero-order valence-corrected chi connectivity index (χ0v) is 24.2. The van der Waals surface area contributed by atoms with Crippen molar-refractivity contribution < 1.29 is 19.1 Å². The number of pyridine rings is 1. The molecule has 0 aliphatic carbocycles. The molecule has 2 amide bonds. The molecule has 0 spiro atoms. The molecule has 2 aromatic carbocycles. The lowest BCUT2D eigenvalue weighted by Crippen LogP contribution is -2.45. The van der Waals surface area contributed by atoms with E-state index in [0.29, 0.717) is 56.3 Å². The van der Waals surface area contributed by atoms with Crippen molar-refractivity contribution in [1.82, 2.24) is 19.4 Å². The molecule has 0 atom stereocenters. The SMILES string of the molecule is Cn1cc(C(=O)N2CCCCC3(COc4cccnc4)CCN(CC3)C(=O)c3ccccc3OCC2)c2ccccc21. The smallest absolute Gasteiger partial charge is 0.257 e. The first kappa shape index (κ1) is 27.8. The molecule has 3 aliphatic heterocycles. The van der Waals surface area contributed by atoms with Gasteiger partial charge in [0.05, 0.1) is 30.5 Å². The van der Waals surface area contributed by atoms with Crippen molar-refractivity contribution in [2.24, 2.45) is 12.5 Å². The summed E-state index contributed by atoms with van der Waals surface area (Å²) in [6.07, 6.45) is 9.95. The molecule has 8 heteroatoms. The molecule has 5 heterocycles. The van der Waals surface area contributed by atoms with Crippen LogP contribution in [-0.2, 0) is 7.05 Å². The van der Waals surface area contributed by atoms with Crippen molar-refractivity contribution in [2.75, 3.05) is 39.4 Å². The molecular formula is C34H38N4O4. The molecule has 0 radical (unpaired) electrons. The number of aromatic nitrogens is 2. The maximum absolute atomic E-state index is 13.9. The molecule has 1 fully saturated rings. The molecule has 7 rings (SSSR count). The van der Waals surface area contributed by atoms with Crippen molar-refractivity contribution in [1.29, 1.82) is 0 Å². The fraction of sp³-hybridized carbons (Fsp3) is 0.382. The van der Waals surface area contributed by atoms with Crippen LogP contribution in [0, 0.1) is 5.41 Å². The largest absolute Gasteiger partial charge is 0.491 e. The number of piperidine rings is 1. The Morgan fingerprint density at radius 2 is 1.76 bits per heavy atom. The summed E-state index contributed by atoms with van der Waals surface area (Å²) in [7, 11) is 1.97. The van der Waals surface area contributed by atoms with Crippen molar-refractivity contribution in [3.05, 3.63) is 90.4 Å². The highest BCUT2D eigenvalue weighted by atomic mass is 16.5. The van der Waals surface area contributed by atoms with Crippen LogP contribution in [0.5, 0.6) is 11.5 Å². The van der Waals surface area contributed by atoms with Crippen LogP contribution in [0.4, 0.5) is 0 Å². The minimum absolute atomic E-state index is 0.00532. The Morgan fingerprint density at radius 3 is 2.60 bits per heavy atom. The monoisotopic (exact) mass is 566 g/mol. The van der Waals surface area contributed by atoms with E-state index >= 15 is 0 Å². The summed E-state index contributed by atoms with van der Waals surface area (Å²) in [6.45, 7) is 3.31. The van der Waals surface area contributed by atoms with Crippen molar-refractivity contribution in [3.63, 3.8) is 0 Å². The Labute approximate surface area is 246 Å². The highest BCUT2D eigenvalue weighted by Gasteiger charge is 2.37. The number of hydrogen-bond donors (Lipinski definition) is 0. The van der Waals surface area contributed by atoms with Crippen molar-refractivity contribution in [2.45, 2.75) is 32.1 Å². The van der Waals surface area contributed by atoms with Crippen LogP contribution in [0.1, 0.15) is 52.8 Å². The van der Waals surface area contributed by atoms with E-state index in [9.17, 15) is 9.59 Å². The highest BCUT2D eigenvalue weighted by molar-refractivity contribution is 6.07. The average Bonchev–Trinajstić information content (AvgIpc) is 3.37. The zero-order valence-electron chi connectivity index (χ0n) is 24.2. The van der Waals surface area contributed by atoms with Crippen molar-refractivity contribution >= 4 is 22.7 Å². The van der Waals surface area contributed by atoms with Gasteiger partial charge in [0.2, 0.25) is 0 Å². The fourth-order valence-electron chi connectivity index (χ4n) is 6.32. The molecule has 0 N–H and O–H groups in total. The molecular weight excluding hydrogens is 528 g/mol. The van der Waals surface area contributed by atoms with Gasteiger partial charge in [-0.2, -0.15) is 0 Å². The van der Waals surface area contributed by atoms with Gasteiger partial charge in [-0.3, -0.25) is 14.6 Å². The standard InChI is InChI=1S/C34H38N4O4/c1-36-24-29(27-10-2-4-12-30(27)36)33(40)37-18-7-6-14-34(25-42-26-9-8-17-35-23-26)15-19-38(20-16-34)32(39)28-11-3-5-13-31(28)41-22-21-37/h2-5,8-13,17,23-24H,6-7,14-16,18-22,25H2,1H3. The van der Waals surface area contributed by atoms with E-state index in [2.05, 4.69) is 4.98 Å². The number of fused-ring (bicyclic) bond motifs is 10. The number of ether oxygens (including phenoxy) is 2. The summed E-state index contributed by atoms with van der Waals surface area (Å²) in [5.41, 5.74) is 2.25. The first-order valence-corrected chi connectivity index (χ1v) is 14.9. The van der Waals surface area contributed by atoms with Crippen molar-refractivity contribution in [3.8, 4) is 11.5 Å². The lowest BCUT2D eigenvalue weighted by Gasteiger charge is -2.42. The number of aryl methyl sites for hydroxylation is 1. The minimum Gasteiger partial charge on any atom is -0.491 e. The van der Waals surface area contributed by atoms with E-state index in [1.165, 1.54) is 0 Å². The Morgan fingerprint density at radius 1 is 0.952 bits per heavy atom. The van der Waals surface area contributed by atoms with Crippen LogP contribution in [0.15, 0.2) is 79.3 Å². The minimum atomic E-state index is -0.0483. The normalized spacial score (nSPS) is 17.7. The molecule has 1 saturated heterocycles. The second-order valence-electron chi connectivity index (χ2n) is 11.5. The maximum Gasteiger partial charge on any atom is 0.257 e. The Bertz CT molecular complexity index is 1540. The second-order valence-corrected chi connectivity index (χ2v) is 11.5. The van der Waals surface area contributed by atoms with Gasteiger partial charge in [-0.05, 0) is 56.0 Å². The summed E-state index contributed by atoms with van der Waals surface area (Å²) in [4.78, 5) is 35.6. The maximum atomic E-state index is 13.9. The summed E-state index contributed by atoms with van der Waals surface area (Å²) in [6, 6.07) is 19.3. The first-order valence-electron chi connectivity index (χ1n) is 14.9. The van der Waals surface area contributed by atoms with E-state index in [-0.39, 0.29) is 17.2 Å². The average molecular weight is 567 g/mol. The molecule has 4 aromatic rings. The Balaban J connectivity index is 1.26. The van der Waals surface area contributed by atoms with Gasteiger partial charge in [0.1, 0.15) is 18.1 Å². The molecule has 8 nitrogen and oxygen atoms in total. The van der Waals surface area contributed by atoms with Crippen LogP contribution in [0.3, 0.4) is 0 Å². The molecule has 0 saturated carbocycles. The van der Waals surface area contributed by atoms with Gasteiger partial charge in [-0.1, -0.05) is 36.8 Å². The summed E-state index contributed by atoms with van der Waals surface area (Å²) in [5, 5.41) is 0.954. The Kier molecular flexibility index (Phi) is 8.13. The third kappa shape index (κ3) is 5.84. The van der Waals surface area contributed by atoms with Crippen LogP contribution in [0.2, 0.25) is 0 Å². The van der Waals surface area contributed by atoms with Gasteiger partial charge in [0, 0.05) is 55.4 Å². The van der Waals surface area contributed by atoms with Crippen LogP contribution in [0.25, 0.3) is 10.9 Å². The summed E-state index contributed by atoms with van der Waals surface area (Å²) >= 11 is 0. The molecule has 42 heavy (non-hydrogen) atoms. The number of nitrogens with zero attached hydrogens (tertiary/aromatic N) is 4. The van der Waals surface area contributed by atoms with Gasteiger partial charge in [-0.25, -0.2) is 0 Å². The summed E-state index contributed by atoms with van der Waals surface area (Å²) < 4.78 is 14.4. The van der Waals surface area contributed by atoms with Gasteiger partial charge >= 0.3 is 0 Å². The topological polar surface area (TPSA) is 76.9 Å². The number of rotatable bonds is 4. The number of carbonyl (C=O) groups excluding carboxylic acids is 2. The van der Waals surface area contributed by atoms with E-state index in [1.807, 2.05) is 88.3 Å². The third-order valence-corrected chi connectivity index (χ3v) is 8.83. The third-order valence-electron chi connectivity index (χ3n) is 8.83. The number of benzene rings is 2. The first-order chi connectivity index (χ1) is 20.5. The number of carbonyl (C=O) groups is 2. The second kappa shape index (κ2) is 12.3. The predicted molar refractivity (Wildman–Crippen MR) is 162 cm³/mol. The number of para-hydroxylation sites is 2. The summed E-state index contributed by atoms with van der Waals surface area (Å²) in [5.74, 6) is 1.32. The van der Waals surface area contributed by atoms with Crippen LogP contribution >= 0.6 is 0 Å². The van der Waals surface area contributed by atoms with Crippen LogP contribution < -0.4 is 9.47 Å². The van der Waals surface area contributed by atoms with Gasteiger partial charge in [0.25, 0.3) is 11.8 Å². The van der Waals surface area contributed by atoms with Crippen LogP contribution in [-0.4, -0.2) is 70.6 Å². The Hall–Kier alpha value is -4.33. The molecule has 0 unspecified atom stereocenters. The van der Waals surface area contributed by atoms with E-state index in [4.69, 9.17) is 9.47 Å². The van der Waals surface area contributed by atoms with Gasteiger partial charge in [-0.15, -0.1) is 0 Å². The van der Waals surface area contributed by atoms with E-state index in [1.54, 1.807) is 12.4 Å². The molecule has 3 aliphatic rings. The van der Waals surface area contributed by atoms with Gasteiger partial charge < -0.3 is 23.8 Å². The number of hydrogen-bond acceptors (Lipinski definition) is 5. The molecule has 2 aromatic heterocycles. The van der Waals surface area contributed by atoms with E-state index in [0.717, 1.165) is 48.8 Å².